The van der Waals surface area contributed by atoms with Crippen molar-refractivity contribution in [2.45, 2.75) is 187 Å². The molecule has 0 heterocycles. The highest BCUT2D eigenvalue weighted by Gasteiger charge is 2.25. The van der Waals surface area contributed by atoms with Gasteiger partial charge in [-0.05, 0) is 6.42 Å². The minimum atomic E-state index is -4.33. The van der Waals surface area contributed by atoms with Gasteiger partial charge in [0.25, 0.3) is 0 Å². The highest BCUT2D eigenvalue weighted by atomic mass is 31.2. The molecule has 0 radical (unpaired) electrons. The maximum absolute atomic E-state index is 12.3. The van der Waals surface area contributed by atoms with Gasteiger partial charge in [-0.1, -0.05) is 162 Å². The van der Waals surface area contributed by atoms with Gasteiger partial charge in [-0.15, -0.1) is 0 Å². The van der Waals surface area contributed by atoms with E-state index in [4.69, 9.17) is 19.7 Å². The Bertz CT molecular complexity index is 724. The Balaban J connectivity index is 3.64. The molecule has 0 bridgehead atoms. The molecular weight excluding hydrogens is 593 g/mol. The van der Waals surface area contributed by atoms with Crippen molar-refractivity contribution in [3.63, 3.8) is 0 Å². The summed E-state index contributed by atoms with van der Waals surface area (Å²) in [4.78, 5) is 33.4. The summed E-state index contributed by atoms with van der Waals surface area (Å²) in [6, 6.07) is 0. The van der Waals surface area contributed by atoms with Crippen LogP contribution in [0.25, 0.3) is 0 Å². The fraction of sp³-hybridized carbons (Fsp3) is 0.943. The van der Waals surface area contributed by atoms with Crippen LogP contribution in [-0.2, 0) is 32.7 Å². The molecule has 0 aromatic heterocycles. The first-order valence-corrected chi connectivity index (χ1v) is 20.0. The van der Waals surface area contributed by atoms with Crippen LogP contribution in [0.5, 0.6) is 0 Å². The number of ether oxygens (including phenoxy) is 2. The van der Waals surface area contributed by atoms with Crippen molar-refractivity contribution >= 4 is 19.8 Å². The molecule has 0 spiro atoms. The maximum Gasteiger partial charge on any atom is 0.472 e. The van der Waals surface area contributed by atoms with Crippen LogP contribution < -0.4 is 5.73 Å². The SMILES string of the molecule is CCCCCCCCCCCCCCCCCCCCCCCCCCC(=O)OC(COC(=O)CC)COP(=O)(O)OCCN. The molecule has 0 aromatic carbocycles. The van der Waals surface area contributed by atoms with E-state index in [1.165, 1.54) is 135 Å². The standard InChI is InChI=1S/C35H70NO8P/c1-3-5-6-7-8-9-10-11-12-13-14-15-16-17-18-19-20-21-22-23-24-25-26-27-28-35(38)44-33(31-41-34(37)4-2)32-43-45(39,40)42-30-29-36/h33H,3-32,36H2,1-2H3,(H,39,40). The predicted molar refractivity (Wildman–Crippen MR) is 183 cm³/mol. The van der Waals surface area contributed by atoms with Gasteiger partial charge >= 0.3 is 19.8 Å². The van der Waals surface area contributed by atoms with Gasteiger partial charge in [-0.25, -0.2) is 4.57 Å². The van der Waals surface area contributed by atoms with Crippen molar-refractivity contribution in [3.8, 4) is 0 Å². The number of esters is 2. The van der Waals surface area contributed by atoms with Gasteiger partial charge in [0.05, 0.1) is 13.2 Å². The van der Waals surface area contributed by atoms with Crippen LogP contribution in [0.15, 0.2) is 0 Å². The Kier molecular flexibility index (Phi) is 32.2. The molecule has 0 aliphatic heterocycles. The number of phosphoric acid groups is 1. The summed E-state index contributed by atoms with van der Waals surface area (Å²) in [7, 11) is -4.33. The summed E-state index contributed by atoms with van der Waals surface area (Å²) < 4.78 is 31.8. The third-order valence-corrected chi connectivity index (χ3v) is 9.03. The Morgan fingerprint density at radius 2 is 1.00 bits per heavy atom. The quantitative estimate of drug-likeness (QED) is 0.0386. The Morgan fingerprint density at radius 1 is 0.600 bits per heavy atom. The fourth-order valence-electron chi connectivity index (χ4n) is 5.26. The predicted octanol–water partition coefficient (Wildman–Crippen LogP) is 9.72. The van der Waals surface area contributed by atoms with Crippen LogP contribution in [0.2, 0.25) is 0 Å². The van der Waals surface area contributed by atoms with E-state index in [1.54, 1.807) is 6.92 Å². The highest BCUT2D eigenvalue weighted by molar-refractivity contribution is 7.47. The lowest BCUT2D eigenvalue weighted by atomic mass is 10.0. The Labute approximate surface area is 276 Å². The molecule has 268 valence electrons. The van der Waals surface area contributed by atoms with Crippen molar-refractivity contribution in [1.82, 2.24) is 0 Å². The number of hydrogen-bond acceptors (Lipinski definition) is 8. The molecule has 2 unspecified atom stereocenters. The summed E-state index contributed by atoms with van der Waals surface area (Å²) in [5, 5.41) is 0. The van der Waals surface area contributed by atoms with Crippen LogP contribution in [0.4, 0.5) is 0 Å². The minimum absolute atomic E-state index is 0.0556. The van der Waals surface area contributed by atoms with Crippen LogP contribution in [0.1, 0.15) is 181 Å². The Morgan fingerprint density at radius 3 is 1.38 bits per heavy atom. The van der Waals surface area contributed by atoms with Gasteiger partial charge in [0.15, 0.2) is 6.10 Å². The number of phosphoric ester groups is 1. The number of unbranched alkanes of at least 4 members (excludes halogenated alkanes) is 23. The zero-order valence-corrected chi connectivity index (χ0v) is 30.0. The first-order chi connectivity index (χ1) is 21.8. The second-order valence-corrected chi connectivity index (χ2v) is 13.9. The second-order valence-electron chi connectivity index (χ2n) is 12.4. The molecule has 3 N–H and O–H groups in total. The molecule has 0 aromatic rings. The first-order valence-electron chi connectivity index (χ1n) is 18.5. The zero-order chi connectivity index (χ0) is 33.3. The zero-order valence-electron chi connectivity index (χ0n) is 29.1. The van der Waals surface area contributed by atoms with E-state index in [9.17, 15) is 19.0 Å². The van der Waals surface area contributed by atoms with E-state index in [0.29, 0.717) is 6.42 Å². The topological polar surface area (TPSA) is 134 Å². The van der Waals surface area contributed by atoms with Gasteiger partial charge in [-0.3, -0.25) is 18.6 Å². The fourth-order valence-corrected chi connectivity index (χ4v) is 6.03. The minimum Gasteiger partial charge on any atom is -0.462 e. The van der Waals surface area contributed by atoms with Crippen molar-refractivity contribution in [2.75, 3.05) is 26.4 Å². The van der Waals surface area contributed by atoms with Gasteiger partial charge in [0.1, 0.15) is 6.61 Å². The normalized spacial score (nSPS) is 13.4. The van der Waals surface area contributed by atoms with E-state index in [0.717, 1.165) is 12.8 Å². The van der Waals surface area contributed by atoms with Gasteiger partial charge < -0.3 is 20.1 Å². The number of carbonyl (C=O) groups excluding carboxylic acids is 2. The summed E-state index contributed by atoms with van der Waals surface area (Å²) in [5.41, 5.74) is 5.27. The van der Waals surface area contributed by atoms with Crippen molar-refractivity contribution in [1.29, 1.82) is 0 Å². The van der Waals surface area contributed by atoms with E-state index in [-0.39, 0.29) is 32.6 Å². The third-order valence-electron chi connectivity index (χ3n) is 8.05. The third kappa shape index (κ3) is 32.7. The molecule has 9 nitrogen and oxygen atoms in total. The first kappa shape index (κ1) is 44.0. The summed E-state index contributed by atoms with van der Waals surface area (Å²) >= 11 is 0. The van der Waals surface area contributed by atoms with Crippen LogP contribution >= 0.6 is 7.82 Å². The van der Waals surface area contributed by atoms with Crippen LogP contribution in [0, 0.1) is 0 Å². The average Bonchev–Trinajstić information content (AvgIpc) is 3.03. The lowest BCUT2D eigenvalue weighted by Crippen LogP contribution is -2.29. The molecule has 45 heavy (non-hydrogen) atoms. The molecule has 2 atom stereocenters. The van der Waals surface area contributed by atoms with E-state index in [2.05, 4.69) is 11.4 Å². The largest absolute Gasteiger partial charge is 0.472 e. The van der Waals surface area contributed by atoms with Gasteiger partial charge in [-0.2, -0.15) is 0 Å². The lowest BCUT2D eigenvalue weighted by Gasteiger charge is -2.19. The van der Waals surface area contributed by atoms with Gasteiger partial charge in [0.2, 0.25) is 0 Å². The second kappa shape index (κ2) is 32.9. The monoisotopic (exact) mass is 663 g/mol. The molecule has 0 amide bonds. The summed E-state index contributed by atoms with van der Waals surface area (Å²) in [5.74, 6) is -0.918. The average molecular weight is 664 g/mol. The van der Waals surface area contributed by atoms with Crippen molar-refractivity contribution in [3.05, 3.63) is 0 Å². The van der Waals surface area contributed by atoms with Crippen LogP contribution in [-0.4, -0.2) is 49.3 Å². The highest BCUT2D eigenvalue weighted by Crippen LogP contribution is 2.43. The molecule has 0 fully saturated rings. The molecule has 0 saturated carbocycles. The Hall–Kier alpha value is -0.990. The molecule has 10 heteroatoms. The number of hydrogen-bond donors (Lipinski definition) is 2. The smallest absolute Gasteiger partial charge is 0.462 e. The number of rotatable bonds is 35. The van der Waals surface area contributed by atoms with E-state index in [1.807, 2.05) is 0 Å². The van der Waals surface area contributed by atoms with Crippen molar-refractivity contribution in [2.24, 2.45) is 5.73 Å². The molecule has 0 saturated heterocycles. The summed E-state index contributed by atoms with van der Waals surface area (Å²) in [6.45, 7) is 3.15. The summed E-state index contributed by atoms with van der Waals surface area (Å²) in [6.07, 6.45) is 31.1. The van der Waals surface area contributed by atoms with E-state index < -0.39 is 32.5 Å². The molecular formula is C35H70NO8P. The number of nitrogens with two attached hydrogens (primary N) is 1. The lowest BCUT2D eigenvalue weighted by molar-refractivity contribution is -0.161. The maximum atomic E-state index is 12.3. The molecule has 0 rings (SSSR count). The van der Waals surface area contributed by atoms with E-state index >= 15 is 0 Å². The van der Waals surface area contributed by atoms with Crippen molar-refractivity contribution < 1.29 is 37.6 Å². The van der Waals surface area contributed by atoms with Crippen LogP contribution in [0.3, 0.4) is 0 Å². The molecule has 0 aliphatic carbocycles. The number of carbonyl (C=O) groups is 2. The molecule has 0 aliphatic rings. The van der Waals surface area contributed by atoms with Gasteiger partial charge in [0, 0.05) is 19.4 Å².